The van der Waals surface area contributed by atoms with Crippen molar-refractivity contribution in [3.63, 3.8) is 0 Å². The highest BCUT2D eigenvalue weighted by molar-refractivity contribution is 7.65. The third-order valence-corrected chi connectivity index (χ3v) is 40.2. The second kappa shape index (κ2) is 21.0. The smallest absolute Gasteiger partial charge is 0.340 e. The van der Waals surface area contributed by atoms with E-state index >= 15 is 0 Å². The standard InChI is InChI=1S/C24H64B10O6Si10/c1-41(2)35-49(17,36-42(3)4)21-19-45(9,10)39-47(13,14)23-30-33(28)24(32(26)27,34(29)31-25)48(15,16)40-46(11,12)20-22-50(18,37-43(5)6)38-44(7)8/h19-22,41-44H,23H2,1-18H3/b21-19+,22-20+. The van der Waals surface area contributed by atoms with Gasteiger partial charge in [0, 0.05) is 65.2 Å². The molecule has 0 saturated heterocycles. The zero-order valence-corrected chi connectivity index (χ0v) is 45.7. The van der Waals surface area contributed by atoms with Gasteiger partial charge in [-0.05, 0) is 129 Å². The SMILES string of the molecule is [B][B]B([B])C(B([B])[B])(B([B])[B]C[Si](C)(C)O[Si](C)(C)/C=C/[Si](C)(O[SiH](C)C)O[SiH](C)C)[Si](C)(C)O[Si](C)(C)/C=C/[Si](C)(O[SiH](C)C)O[SiH](C)C. The van der Waals surface area contributed by atoms with Gasteiger partial charge in [0.2, 0.25) is 0 Å². The molecule has 50 heavy (non-hydrogen) atoms. The fraction of sp³-hybridized carbons (Fsp3) is 0.833. The van der Waals surface area contributed by atoms with Crippen LogP contribution in [0.5, 0.6) is 0 Å². The molecule has 0 aliphatic rings. The molecule has 0 aromatic rings. The van der Waals surface area contributed by atoms with Crippen molar-refractivity contribution >= 4 is 159 Å². The van der Waals surface area contributed by atoms with Gasteiger partial charge >= 0.3 is 17.1 Å². The van der Waals surface area contributed by atoms with Crippen LogP contribution in [0.1, 0.15) is 0 Å². The summed E-state index contributed by atoms with van der Waals surface area (Å²) in [5.41, 5.74) is 8.88. The van der Waals surface area contributed by atoms with E-state index in [2.05, 4.69) is 148 Å². The van der Waals surface area contributed by atoms with E-state index in [0.29, 0.717) is 5.94 Å². The lowest BCUT2D eigenvalue weighted by Crippen LogP contribution is -2.74. The first-order valence-corrected chi connectivity index (χ1v) is 46.1. The first-order chi connectivity index (χ1) is 22.3. The maximum absolute atomic E-state index is 7.21. The van der Waals surface area contributed by atoms with Crippen LogP contribution in [0.2, 0.25) is 129 Å². The maximum atomic E-state index is 7.21. The molecule has 0 rings (SSSR count). The molecule has 0 spiro atoms. The highest BCUT2D eigenvalue weighted by Crippen LogP contribution is 2.44. The quantitative estimate of drug-likeness (QED) is 0.140. The minimum atomic E-state index is -2.92. The molecule has 12 radical (unpaired) electrons. The van der Waals surface area contributed by atoms with Crippen molar-refractivity contribution in [2.75, 3.05) is 0 Å². The minimum absolute atomic E-state index is 0.585. The largest absolute Gasteiger partial charge is 0.454 e. The van der Waals surface area contributed by atoms with Gasteiger partial charge in [0.15, 0.2) is 69.4 Å². The van der Waals surface area contributed by atoms with Crippen molar-refractivity contribution in [2.24, 2.45) is 0 Å². The maximum Gasteiger partial charge on any atom is 0.340 e. The number of hydrogen-bond acceptors (Lipinski definition) is 6. The van der Waals surface area contributed by atoms with Gasteiger partial charge in [-0.25, -0.2) is 0 Å². The first kappa shape index (κ1) is 52.1. The summed E-state index contributed by atoms with van der Waals surface area (Å²) in [4.78, 5) is 0. The molecule has 0 N–H and O–H groups in total. The van der Waals surface area contributed by atoms with Crippen molar-refractivity contribution < 1.29 is 24.7 Å². The zero-order chi connectivity index (χ0) is 39.7. The summed E-state index contributed by atoms with van der Waals surface area (Å²) in [5.74, 6) is 0.686. The Hall–Kier alpha value is 2.06. The molecule has 0 heterocycles. The molecule has 26 heteroatoms. The highest BCUT2D eigenvalue weighted by Gasteiger charge is 2.57. The molecule has 0 aromatic carbocycles. The molecule has 1 atom stereocenters. The van der Waals surface area contributed by atoms with Gasteiger partial charge in [-0.1, -0.05) is 17.3 Å². The average molecular weight is 838 g/mol. The van der Waals surface area contributed by atoms with Crippen molar-refractivity contribution in [2.45, 2.75) is 129 Å². The van der Waals surface area contributed by atoms with E-state index in [-0.39, 0.29) is 0 Å². The molecule has 0 bridgehead atoms. The Morgan fingerprint density at radius 1 is 0.560 bits per heavy atom. The van der Waals surface area contributed by atoms with Gasteiger partial charge in [0.25, 0.3) is 0 Å². The van der Waals surface area contributed by atoms with Gasteiger partial charge in [0.1, 0.15) is 0 Å². The molecule has 1 unspecified atom stereocenters. The Labute approximate surface area is 332 Å². The summed E-state index contributed by atoms with van der Waals surface area (Å²) in [6, 6.07) is 0. The second-order valence-electron chi connectivity index (χ2n) is 17.2. The van der Waals surface area contributed by atoms with Gasteiger partial charge < -0.3 is 24.7 Å². The lowest BCUT2D eigenvalue weighted by atomic mass is 8.79. The summed E-state index contributed by atoms with van der Waals surface area (Å²) in [5, 5.41) is 0. The molecular formula is C24H64B10O6Si10. The third-order valence-electron chi connectivity index (χ3n) is 8.28. The van der Waals surface area contributed by atoms with Crippen molar-refractivity contribution in [1.82, 2.24) is 0 Å². The van der Waals surface area contributed by atoms with Gasteiger partial charge in [-0.15, -0.1) is 4.74 Å². The minimum Gasteiger partial charge on any atom is -0.454 e. The monoisotopic (exact) mass is 838 g/mol. The molecule has 0 amide bonds. The molecule has 0 aliphatic heterocycles. The molecule has 0 aromatic heterocycles. The summed E-state index contributed by atoms with van der Waals surface area (Å²) < 4.78 is 39.1. The van der Waals surface area contributed by atoms with E-state index in [0.717, 1.165) is 0 Å². The average Bonchev–Trinajstić information content (AvgIpc) is 2.87. The van der Waals surface area contributed by atoms with Crippen molar-refractivity contribution in [3.05, 3.63) is 22.8 Å². The van der Waals surface area contributed by atoms with E-state index in [1.165, 1.54) is 7.06 Å². The second-order valence-corrected chi connectivity index (χ2v) is 50.6. The van der Waals surface area contributed by atoms with Gasteiger partial charge in [-0.3, -0.25) is 0 Å². The summed E-state index contributed by atoms with van der Waals surface area (Å²) in [6.07, 6.45) is 0. The molecule has 266 valence electrons. The van der Waals surface area contributed by atoms with Crippen LogP contribution in [0.4, 0.5) is 0 Å². The van der Waals surface area contributed by atoms with Crippen LogP contribution in [-0.2, 0) is 24.7 Å². The van der Waals surface area contributed by atoms with Crippen LogP contribution >= 0.6 is 0 Å². The van der Waals surface area contributed by atoms with E-state index < -0.39 is 111 Å². The lowest BCUT2D eigenvalue weighted by molar-refractivity contribution is 0.421. The van der Waals surface area contributed by atoms with E-state index in [1.807, 2.05) is 0 Å². The number of hydrogen-bond donors (Lipinski definition) is 0. The van der Waals surface area contributed by atoms with Crippen LogP contribution in [0.3, 0.4) is 0 Å². The molecule has 0 aliphatic carbocycles. The molecule has 0 fully saturated rings. The Morgan fingerprint density at radius 3 is 1.20 bits per heavy atom. The van der Waals surface area contributed by atoms with Crippen molar-refractivity contribution in [1.29, 1.82) is 0 Å². The predicted molar refractivity (Wildman–Crippen MR) is 259 cm³/mol. The Morgan fingerprint density at radius 2 is 0.900 bits per heavy atom. The van der Waals surface area contributed by atoms with Crippen molar-refractivity contribution in [3.8, 4) is 0 Å². The third kappa shape index (κ3) is 17.5. The zero-order valence-electron chi connectivity index (χ0n) is 35.0. The molecule has 6 nitrogen and oxygen atoms in total. The summed E-state index contributed by atoms with van der Waals surface area (Å²) in [7, 11) is 17.2. The predicted octanol–water partition coefficient (Wildman–Crippen LogP) is 3.20. The molecule has 0 saturated carbocycles. The van der Waals surface area contributed by atoms with E-state index in [1.54, 1.807) is 0 Å². The summed E-state index contributed by atoms with van der Waals surface area (Å²) in [6.45, 7) is 37.2. The van der Waals surface area contributed by atoms with Crippen LogP contribution in [0.25, 0.3) is 0 Å². The summed E-state index contributed by atoms with van der Waals surface area (Å²) >= 11 is 0. The molecular weight excluding hydrogens is 773 g/mol. The lowest BCUT2D eigenvalue weighted by Gasteiger charge is -2.58. The Bertz CT molecular complexity index is 1070. The van der Waals surface area contributed by atoms with Gasteiger partial charge in [0.05, 0.1) is 7.17 Å². The van der Waals surface area contributed by atoms with Crippen LogP contribution in [-0.4, -0.2) is 159 Å². The van der Waals surface area contributed by atoms with Crippen LogP contribution < -0.4 is 0 Å². The first-order valence-electron chi connectivity index (χ1n) is 18.2. The van der Waals surface area contributed by atoms with Crippen LogP contribution in [0.15, 0.2) is 22.8 Å². The van der Waals surface area contributed by atoms with E-state index in [4.69, 9.17) is 63.4 Å². The number of rotatable bonds is 24. The topological polar surface area (TPSA) is 55.4 Å². The highest BCUT2D eigenvalue weighted by atomic mass is 28.5. The van der Waals surface area contributed by atoms with E-state index in [9.17, 15) is 0 Å². The van der Waals surface area contributed by atoms with Crippen LogP contribution in [0, 0.1) is 0 Å². The fourth-order valence-corrected chi connectivity index (χ4v) is 46.3. The fourth-order valence-electron chi connectivity index (χ4n) is 6.99. The Kier molecular flexibility index (Phi) is 21.9. The normalized spacial score (nSPS) is 15.5. The van der Waals surface area contributed by atoms with Gasteiger partial charge in [-0.2, -0.15) is 0 Å². The Balaban J connectivity index is 6.42.